The Bertz CT molecular complexity index is 745. The van der Waals surface area contributed by atoms with Gasteiger partial charge in [0, 0.05) is 0 Å². The maximum Gasteiger partial charge on any atom is 0.181 e. The number of aliphatic hydroxyl groups is 2. The fraction of sp³-hybridized carbons (Fsp3) is 0.389. The molecule has 0 radical (unpaired) electrons. The number of aryl methyl sites for hydroxylation is 1. The highest BCUT2D eigenvalue weighted by molar-refractivity contribution is 9.12. The number of carbonyl (C=O) groups is 1. The number of halogens is 2. The predicted molar refractivity (Wildman–Crippen MR) is 99.3 cm³/mol. The molecule has 134 valence electrons. The molecule has 25 heavy (non-hydrogen) atoms. The molecule has 2 heterocycles. The lowest BCUT2D eigenvalue weighted by Crippen LogP contribution is -2.24. The molecular weight excluding hydrogens is 456 g/mol. The van der Waals surface area contributed by atoms with Crippen LogP contribution < -0.4 is 0 Å². The van der Waals surface area contributed by atoms with Crippen LogP contribution in [0.5, 0.6) is 0 Å². The zero-order valence-corrected chi connectivity index (χ0v) is 16.6. The summed E-state index contributed by atoms with van der Waals surface area (Å²) in [7, 11) is 0. The van der Waals surface area contributed by atoms with Crippen LogP contribution in [0.3, 0.4) is 0 Å². The molecule has 1 saturated heterocycles. The minimum absolute atomic E-state index is 0.0351. The number of ketones is 1. The van der Waals surface area contributed by atoms with E-state index in [2.05, 4.69) is 31.9 Å². The largest absolute Gasteiger partial charge is 0.463 e. The van der Waals surface area contributed by atoms with Crippen LogP contribution in [0, 0.1) is 6.92 Å². The van der Waals surface area contributed by atoms with Gasteiger partial charge in [-0.25, -0.2) is 0 Å². The van der Waals surface area contributed by atoms with E-state index in [9.17, 15) is 15.0 Å². The molecule has 2 unspecified atom stereocenters. The lowest BCUT2D eigenvalue weighted by molar-refractivity contribution is 0.0117. The van der Waals surface area contributed by atoms with Crippen molar-refractivity contribution in [2.75, 3.05) is 6.61 Å². The summed E-state index contributed by atoms with van der Waals surface area (Å²) in [6.45, 7) is 1.73. The van der Waals surface area contributed by atoms with Gasteiger partial charge in [0.05, 0.1) is 21.8 Å². The first-order valence-corrected chi connectivity index (χ1v) is 9.68. The summed E-state index contributed by atoms with van der Waals surface area (Å²) in [6, 6.07) is 11.2. The summed E-state index contributed by atoms with van der Waals surface area (Å²) in [5.41, 5.74) is 1.41. The Morgan fingerprint density at radius 3 is 2.52 bits per heavy atom. The van der Waals surface area contributed by atoms with Crippen molar-refractivity contribution >= 4 is 37.6 Å². The zero-order chi connectivity index (χ0) is 18.1. The highest BCUT2D eigenvalue weighted by atomic mass is 79.9. The van der Waals surface area contributed by atoms with E-state index < -0.39 is 23.1 Å². The van der Waals surface area contributed by atoms with Crippen LogP contribution in [0.4, 0.5) is 0 Å². The number of aliphatic hydroxyl groups excluding tert-OH is 2. The lowest BCUT2D eigenvalue weighted by Gasteiger charge is -2.15. The summed E-state index contributed by atoms with van der Waals surface area (Å²) >= 11 is 7.04. The molecular formula is C18H18Br2O5. The van der Waals surface area contributed by atoms with Gasteiger partial charge in [0.15, 0.2) is 5.78 Å². The molecule has 1 aliphatic rings. The third kappa shape index (κ3) is 3.75. The number of hydrogen-bond donors (Lipinski definition) is 2. The molecule has 0 aliphatic carbocycles. The van der Waals surface area contributed by atoms with Crippen molar-refractivity contribution in [1.29, 1.82) is 0 Å². The van der Waals surface area contributed by atoms with Crippen LogP contribution in [-0.2, 0) is 4.74 Å². The van der Waals surface area contributed by atoms with Gasteiger partial charge < -0.3 is 19.4 Å². The molecule has 0 spiro atoms. The van der Waals surface area contributed by atoms with E-state index >= 15 is 0 Å². The van der Waals surface area contributed by atoms with E-state index in [1.807, 2.05) is 30.3 Å². The van der Waals surface area contributed by atoms with Crippen LogP contribution >= 0.6 is 31.9 Å². The highest BCUT2D eigenvalue weighted by Gasteiger charge is 2.39. The van der Waals surface area contributed by atoms with Gasteiger partial charge in [-0.2, -0.15) is 0 Å². The van der Waals surface area contributed by atoms with E-state index in [0.717, 1.165) is 5.56 Å². The number of Topliss-reactive ketones (excluding diaryl/α,β-unsaturated/α-hetero) is 1. The molecule has 0 amide bonds. The molecule has 2 aromatic rings. The van der Waals surface area contributed by atoms with Crippen molar-refractivity contribution < 1.29 is 24.2 Å². The number of hydrogen-bond acceptors (Lipinski definition) is 5. The third-order valence-corrected chi connectivity index (χ3v) is 6.97. The van der Waals surface area contributed by atoms with Crippen molar-refractivity contribution in [1.82, 2.24) is 0 Å². The Hall–Kier alpha value is -0.990. The number of ether oxygens (including phenoxy) is 1. The van der Waals surface area contributed by atoms with Crippen LogP contribution in [0.2, 0.25) is 0 Å². The molecule has 1 aliphatic heterocycles. The number of carbonyl (C=O) groups excluding carboxylic acids is 1. The Morgan fingerprint density at radius 2 is 1.92 bits per heavy atom. The first kappa shape index (κ1) is 18.8. The van der Waals surface area contributed by atoms with Crippen molar-refractivity contribution in [2.24, 2.45) is 0 Å². The Kier molecular flexibility index (Phi) is 5.80. The van der Waals surface area contributed by atoms with E-state index in [0.29, 0.717) is 17.1 Å². The molecule has 2 N–H and O–H groups in total. The second-order valence-electron chi connectivity index (χ2n) is 6.01. The van der Waals surface area contributed by atoms with Crippen LogP contribution in [0.25, 0.3) is 0 Å². The summed E-state index contributed by atoms with van der Waals surface area (Å²) in [5.74, 6) is 0.663. The number of benzene rings is 1. The van der Waals surface area contributed by atoms with Gasteiger partial charge in [-0.05, 0) is 18.6 Å². The first-order valence-electron chi connectivity index (χ1n) is 7.85. The maximum absolute atomic E-state index is 12.9. The fourth-order valence-corrected chi connectivity index (χ4v) is 3.93. The van der Waals surface area contributed by atoms with Crippen molar-refractivity contribution in [3.05, 3.63) is 59.0 Å². The van der Waals surface area contributed by atoms with E-state index in [1.165, 1.54) is 0 Å². The third-order valence-electron chi connectivity index (χ3n) is 4.26. The molecule has 0 bridgehead atoms. The van der Waals surface area contributed by atoms with Gasteiger partial charge in [0.25, 0.3) is 0 Å². The second kappa shape index (κ2) is 7.72. The normalized spacial score (nSPS) is 25.7. The fourth-order valence-electron chi connectivity index (χ4n) is 2.83. The first-order chi connectivity index (χ1) is 11.9. The number of furan rings is 1. The van der Waals surface area contributed by atoms with Gasteiger partial charge in [-0.3, -0.25) is 4.79 Å². The second-order valence-corrected chi connectivity index (χ2v) is 7.98. The van der Waals surface area contributed by atoms with E-state index in [4.69, 9.17) is 9.15 Å². The Morgan fingerprint density at radius 1 is 1.24 bits per heavy atom. The van der Waals surface area contributed by atoms with Crippen molar-refractivity contribution in [2.45, 2.75) is 34.9 Å². The van der Waals surface area contributed by atoms with Crippen LogP contribution in [-0.4, -0.2) is 39.6 Å². The molecule has 0 saturated carbocycles. The quantitative estimate of drug-likeness (QED) is 0.513. The molecule has 1 fully saturated rings. The minimum Gasteiger partial charge on any atom is -0.463 e. The smallest absolute Gasteiger partial charge is 0.181 e. The lowest BCUT2D eigenvalue weighted by atomic mass is 10.0. The maximum atomic E-state index is 12.9. The number of alkyl halides is 2. The summed E-state index contributed by atoms with van der Waals surface area (Å²) in [6.07, 6.45) is -2.79. The highest BCUT2D eigenvalue weighted by Crippen LogP contribution is 2.36. The molecule has 1 aromatic carbocycles. The molecule has 3 rings (SSSR count). The molecule has 5 atom stereocenters. The van der Waals surface area contributed by atoms with Gasteiger partial charge >= 0.3 is 0 Å². The standard InChI is InChI=1S/C18H18Br2O5/c1-9-11(7-13(25-9)18-17(23)12(21)8-24-18)16(22)15(20)14(19)10-5-3-2-4-6-10/h2-7,12,14-15,17-18,21,23H,8H2,1H3/t12-,14?,15?,17-,18+/m1/s1. The summed E-state index contributed by atoms with van der Waals surface area (Å²) < 4.78 is 11.0. The topological polar surface area (TPSA) is 79.9 Å². The van der Waals surface area contributed by atoms with E-state index in [-0.39, 0.29) is 17.2 Å². The van der Waals surface area contributed by atoms with Gasteiger partial charge in [0.1, 0.15) is 29.8 Å². The Labute approximate surface area is 162 Å². The monoisotopic (exact) mass is 472 g/mol. The number of rotatable bonds is 5. The van der Waals surface area contributed by atoms with Crippen molar-refractivity contribution in [3.63, 3.8) is 0 Å². The predicted octanol–water partition coefficient (Wildman–Crippen LogP) is 3.46. The summed E-state index contributed by atoms with van der Waals surface area (Å²) in [4.78, 5) is 12.2. The van der Waals surface area contributed by atoms with E-state index in [1.54, 1.807) is 13.0 Å². The average molecular weight is 474 g/mol. The molecule has 7 heteroatoms. The van der Waals surface area contributed by atoms with Gasteiger partial charge in [0.2, 0.25) is 0 Å². The van der Waals surface area contributed by atoms with Crippen LogP contribution in [0.15, 0.2) is 40.8 Å². The molecule has 1 aromatic heterocycles. The zero-order valence-electron chi connectivity index (χ0n) is 13.4. The molecule has 5 nitrogen and oxygen atoms in total. The average Bonchev–Trinajstić information content (AvgIpc) is 3.16. The van der Waals surface area contributed by atoms with Crippen molar-refractivity contribution in [3.8, 4) is 0 Å². The minimum atomic E-state index is -1.07. The Balaban J connectivity index is 1.81. The van der Waals surface area contributed by atoms with Crippen LogP contribution in [0.1, 0.15) is 38.4 Å². The van der Waals surface area contributed by atoms with Gasteiger partial charge in [-0.1, -0.05) is 62.2 Å². The van der Waals surface area contributed by atoms with Gasteiger partial charge in [-0.15, -0.1) is 0 Å². The SMILES string of the molecule is Cc1oc([C@@H]2OC[C@@H](O)[C@H]2O)cc1C(=O)C(Br)C(Br)c1ccccc1. The summed E-state index contributed by atoms with van der Waals surface area (Å²) in [5, 5.41) is 19.6.